The van der Waals surface area contributed by atoms with E-state index in [4.69, 9.17) is 14.9 Å². The number of rotatable bonds is 5. The summed E-state index contributed by atoms with van der Waals surface area (Å²) < 4.78 is 10.4. The third kappa shape index (κ3) is 4.04. The van der Waals surface area contributed by atoms with Crippen LogP contribution in [0.25, 0.3) is 0 Å². The Morgan fingerprint density at radius 1 is 1.40 bits per heavy atom. The van der Waals surface area contributed by atoms with Gasteiger partial charge in [-0.15, -0.1) is 0 Å². The van der Waals surface area contributed by atoms with Crippen molar-refractivity contribution < 1.29 is 18.7 Å². The van der Waals surface area contributed by atoms with Crippen LogP contribution in [0, 0.1) is 5.41 Å². The Balaban J connectivity index is 1.58. The Hall–Kier alpha value is -1.86. The molecule has 3 heterocycles. The average molecular weight is 349 g/mol. The van der Waals surface area contributed by atoms with Gasteiger partial charge in [-0.2, -0.15) is 0 Å². The van der Waals surface area contributed by atoms with Gasteiger partial charge in [0, 0.05) is 33.2 Å². The molecule has 2 saturated heterocycles. The molecule has 0 aromatic carbocycles. The van der Waals surface area contributed by atoms with E-state index in [1.54, 1.807) is 13.4 Å². The van der Waals surface area contributed by atoms with Crippen LogP contribution in [-0.2, 0) is 20.9 Å². The smallest absolute Gasteiger partial charge is 0.241 e. The molecule has 0 unspecified atom stereocenters. The first-order valence-corrected chi connectivity index (χ1v) is 8.86. The summed E-state index contributed by atoms with van der Waals surface area (Å²) in [6.45, 7) is 2.89. The van der Waals surface area contributed by atoms with E-state index in [0.29, 0.717) is 26.1 Å². The van der Waals surface area contributed by atoms with E-state index in [1.165, 1.54) is 0 Å². The van der Waals surface area contributed by atoms with Gasteiger partial charge in [-0.3, -0.25) is 9.59 Å². The van der Waals surface area contributed by atoms with Crippen LogP contribution in [0.2, 0.25) is 0 Å². The Morgan fingerprint density at radius 2 is 2.16 bits per heavy atom. The molecule has 1 atom stereocenters. The average Bonchev–Trinajstić information content (AvgIpc) is 3.12. The number of likely N-dealkylation sites (tertiary alicyclic amines) is 2. The number of hydrogen-bond acceptors (Lipinski definition) is 5. The molecule has 0 bridgehead atoms. The maximum atomic E-state index is 12.3. The number of nitrogens with two attached hydrogens (primary N) is 1. The largest absolute Gasteiger partial charge is 0.467 e. The molecule has 1 spiro atoms. The lowest BCUT2D eigenvalue weighted by molar-refractivity contribution is -0.144. The topological polar surface area (TPSA) is 89.0 Å². The lowest BCUT2D eigenvalue weighted by atomic mass is 9.72. The van der Waals surface area contributed by atoms with Gasteiger partial charge in [0.1, 0.15) is 11.8 Å². The summed E-state index contributed by atoms with van der Waals surface area (Å²) in [5.41, 5.74) is 5.96. The second-order valence-electron chi connectivity index (χ2n) is 7.22. The fraction of sp³-hybridized carbons (Fsp3) is 0.667. The van der Waals surface area contributed by atoms with Crippen LogP contribution >= 0.6 is 0 Å². The molecular formula is C18H27N3O4. The zero-order valence-corrected chi connectivity index (χ0v) is 14.8. The molecule has 2 fully saturated rings. The van der Waals surface area contributed by atoms with Crippen LogP contribution in [0.1, 0.15) is 31.4 Å². The van der Waals surface area contributed by atoms with Gasteiger partial charge in [0.15, 0.2) is 0 Å². The van der Waals surface area contributed by atoms with E-state index in [2.05, 4.69) is 0 Å². The number of hydrogen-bond donors (Lipinski definition) is 1. The van der Waals surface area contributed by atoms with Gasteiger partial charge in [-0.25, -0.2) is 0 Å². The SMILES string of the molecule is COC[C@@H](N)C(=O)N1CCC2(CCC(=O)N(Cc3ccco3)C2)CC1. The van der Waals surface area contributed by atoms with E-state index in [9.17, 15) is 9.59 Å². The van der Waals surface area contributed by atoms with E-state index in [0.717, 1.165) is 31.6 Å². The van der Waals surface area contributed by atoms with Crippen LogP contribution in [0.15, 0.2) is 22.8 Å². The van der Waals surface area contributed by atoms with Crippen molar-refractivity contribution in [2.24, 2.45) is 11.1 Å². The molecule has 25 heavy (non-hydrogen) atoms. The van der Waals surface area contributed by atoms with Gasteiger partial charge in [0.05, 0.1) is 19.4 Å². The Bertz CT molecular complexity index is 593. The maximum Gasteiger partial charge on any atom is 0.241 e. The highest BCUT2D eigenvalue weighted by atomic mass is 16.5. The minimum Gasteiger partial charge on any atom is -0.467 e. The quantitative estimate of drug-likeness (QED) is 0.856. The van der Waals surface area contributed by atoms with E-state index in [-0.39, 0.29) is 23.8 Å². The van der Waals surface area contributed by atoms with Crippen LogP contribution in [0.4, 0.5) is 0 Å². The van der Waals surface area contributed by atoms with Crippen LogP contribution < -0.4 is 5.73 Å². The number of methoxy groups -OCH3 is 1. The summed E-state index contributed by atoms with van der Waals surface area (Å²) in [5, 5.41) is 0. The normalized spacial score (nSPS) is 21.6. The van der Waals surface area contributed by atoms with Crippen molar-refractivity contribution in [1.82, 2.24) is 9.80 Å². The van der Waals surface area contributed by atoms with Crippen molar-refractivity contribution in [2.75, 3.05) is 33.4 Å². The first-order valence-electron chi connectivity index (χ1n) is 8.86. The van der Waals surface area contributed by atoms with E-state index < -0.39 is 6.04 Å². The standard InChI is InChI=1S/C18H27N3O4/c1-24-12-15(19)17(23)20-8-6-18(7-9-20)5-4-16(22)21(13-18)11-14-3-2-10-25-14/h2-3,10,15H,4-9,11-13,19H2,1H3/t15-/m1/s1. The number of piperidine rings is 2. The Kier molecular flexibility index (Phi) is 5.44. The summed E-state index contributed by atoms with van der Waals surface area (Å²) in [6, 6.07) is 3.14. The second kappa shape index (κ2) is 7.58. The molecule has 0 radical (unpaired) electrons. The van der Waals surface area contributed by atoms with Crippen molar-refractivity contribution in [3.8, 4) is 0 Å². The lowest BCUT2D eigenvalue weighted by Gasteiger charge is -2.47. The summed E-state index contributed by atoms with van der Waals surface area (Å²) in [5.74, 6) is 0.947. The molecular weight excluding hydrogens is 322 g/mol. The molecule has 0 saturated carbocycles. The highest BCUT2D eigenvalue weighted by Gasteiger charge is 2.42. The number of carbonyl (C=O) groups is 2. The maximum absolute atomic E-state index is 12.3. The molecule has 1 aromatic rings. The van der Waals surface area contributed by atoms with Crippen LogP contribution in [-0.4, -0.2) is 61.0 Å². The van der Waals surface area contributed by atoms with Crippen molar-refractivity contribution in [1.29, 1.82) is 0 Å². The zero-order chi connectivity index (χ0) is 17.9. The molecule has 0 aliphatic carbocycles. The van der Waals surface area contributed by atoms with Crippen molar-refractivity contribution in [3.63, 3.8) is 0 Å². The summed E-state index contributed by atoms with van der Waals surface area (Å²) in [6.07, 6.45) is 4.90. The summed E-state index contributed by atoms with van der Waals surface area (Å²) in [7, 11) is 1.55. The summed E-state index contributed by atoms with van der Waals surface area (Å²) in [4.78, 5) is 28.3. The van der Waals surface area contributed by atoms with Gasteiger partial charge in [-0.05, 0) is 36.8 Å². The molecule has 138 valence electrons. The van der Waals surface area contributed by atoms with Gasteiger partial charge < -0.3 is 24.7 Å². The fourth-order valence-electron chi connectivity index (χ4n) is 3.93. The van der Waals surface area contributed by atoms with Gasteiger partial charge in [0.2, 0.25) is 11.8 Å². The minimum absolute atomic E-state index is 0.0453. The molecule has 2 aliphatic rings. The zero-order valence-electron chi connectivity index (χ0n) is 14.8. The molecule has 1 aromatic heterocycles. The molecule has 2 amide bonds. The van der Waals surface area contributed by atoms with Crippen LogP contribution in [0.3, 0.4) is 0 Å². The number of furan rings is 1. The molecule has 3 rings (SSSR count). The highest BCUT2D eigenvalue weighted by molar-refractivity contribution is 5.82. The predicted molar refractivity (Wildman–Crippen MR) is 91.5 cm³/mol. The number of nitrogens with zero attached hydrogens (tertiary/aromatic N) is 2. The molecule has 2 N–H and O–H groups in total. The summed E-state index contributed by atoms with van der Waals surface area (Å²) >= 11 is 0. The van der Waals surface area contributed by atoms with Gasteiger partial charge >= 0.3 is 0 Å². The van der Waals surface area contributed by atoms with Gasteiger partial charge in [-0.1, -0.05) is 0 Å². The number of ether oxygens (including phenoxy) is 1. The first-order chi connectivity index (χ1) is 12.0. The van der Waals surface area contributed by atoms with Crippen molar-refractivity contribution in [2.45, 2.75) is 38.3 Å². The van der Waals surface area contributed by atoms with Gasteiger partial charge in [0.25, 0.3) is 0 Å². The lowest BCUT2D eigenvalue weighted by Crippen LogP contribution is -2.54. The third-order valence-electron chi connectivity index (χ3n) is 5.47. The predicted octanol–water partition coefficient (Wildman–Crippen LogP) is 0.985. The van der Waals surface area contributed by atoms with E-state index >= 15 is 0 Å². The molecule has 2 aliphatic heterocycles. The second-order valence-corrected chi connectivity index (χ2v) is 7.22. The number of carbonyl (C=O) groups excluding carboxylic acids is 2. The monoisotopic (exact) mass is 349 g/mol. The van der Waals surface area contributed by atoms with E-state index in [1.807, 2.05) is 21.9 Å². The first kappa shape index (κ1) is 17.9. The minimum atomic E-state index is -0.595. The van der Waals surface area contributed by atoms with Crippen molar-refractivity contribution in [3.05, 3.63) is 24.2 Å². The molecule has 7 heteroatoms. The molecule has 7 nitrogen and oxygen atoms in total. The Morgan fingerprint density at radius 3 is 2.80 bits per heavy atom. The number of amides is 2. The third-order valence-corrected chi connectivity index (χ3v) is 5.47. The van der Waals surface area contributed by atoms with Crippen LogP contribution in [0.5, 0.6) is 0 Å². The highest BCUT2D eigenvalue weighted by Crippen LogP contribution is 2.40. The Labute approximate surface area is 148 Å². The fourth-order valence-corrected chi connectivity index (χ4v) is 3.93. The van der Waals surface area contributed by atoms with Crippen molar-refractivity contribution >= 4 is 11.8 Å².